The van der Waals surface area contributed by atoms with Gasteiger partial charge in [0.25, 0.3) is 0 Å². The molecule has 25 heavy (non-hydrogen) atoms. The highest BCUT2D eigenvalue weighted by Gasteiger charge is 2.16. The summed E-state index contributed by atoms with van der Waals surface area (Å²) in [6, 6.07) is 6.71. The van der Waals surface area contributed by atoms with E-state index in [0.29, 0.717) is 25.7 Å². The summed E-state index contributed by atoms with van der Waals surface area (Å²) in [5.74, 6) is -0.00223. The van der Waals surface area contributed by atoms with E-state index in [1.807, 2.05) is 13.8 Å². The topological polar surface area (TPSA) is 87.7 Å². The van der Waals surface area contributed by atoms with E-state index < -0.39 is 10.0 Å². The van der Waals surface area contributed by atoms with Crippen LogP contribution in [0.25, 0.3) is 0 Å². The molecular formula is C17H27N3O4S. The summed E-state index contributed by atoms with van der Waals surface area (Å²) in [5, 5.41) is 2.73. The van der Waals surface area contributed by atoms with Crippen LogP contribution in [-0.4, -0.2) is 65.2 Å². The van der Waals surface area contributed by atoms with Crippen LogP contribution in [0, 0.1) is 0 Å². The third kappa shape index (κ3) is 6.39. The summed E-state index contributed by atoms with van der Waals surface area (Å²) in [6.07, 6.45) is 0. The van der Waals surface area contributed by atoms with E-state index in [4.69, 9.17) is 4.74 Å². The molecule has 140 valence electrons. The molecule has 0 atom stereocenters. The van der Waals surface area contributed by atoms with Crippen molar-refractivity contribution in [3.05, 3.63) is 29.8 Å². The fourth-order valence-electron chi connectivity index (χ4n) is 2.52. The molecule has 1 saturated heterocycles. The van der Waals surface area contributed by atoms with Gasteiger partial charge in [-0.25, -0.2) is 13.1 Å². The molecular weight excluding hydrogens is 342 g/mol. The minimum atomic E-state index is -3.68. The molecule has 0 spiro atoms. The van der Waals surface area contributed by atoms with Crippen molar-refractivity contribution in [2.45, 2.75) is 24.7 Å². The summed E-state index contributed by atoms with van der Waals surface area (Å²) in [4.78, 5) is 14.2. The van der Waals surface area contributed by atoms with Gasteiger partial charge in [0.15, 0.2) is 0 Å². The Bertz CT molecular complexity index is 653. The number of morpholine rings is 1. The van der Waals surface area contributed by atoms with Crippen LogP contribution < -0.4 is 10.0 Å². The van der Waals surface area contributed by atoms with Crippen molar-refractivity contribution < 1.29 is 17.9 Å². The molecule has 2 N–H and O–H groups in total. The summed E-state index contributed by atoms with van der Waals surface area (Å²) in [5.41, 5.74) is 1.07. The lowest BCUT2D eigenvalue weighted by Gasteiger charge is -2.26. The van der Waals surface area contributed by atoms with Crippen LogP contribution in [0.5, 0.6) is 0 Å². The second-order valence-electron chi connectivity index (χ2n) is 6.35. The van der Waals surface area contributed by atoms with Crippen molar-refractivity contribution in [1.29, 1.82) is 0 Å². The zero-order valence-electron chi connectivity index (χ0n) is 14.8. The lowest BCUT2D eigenvalue weighted by Crippen LogP contribution is -2.43. The minimum absolute atomic E-state index is 0.165. The SMILES string of the molecule is CC(C)c1ccc(S(=O)(=O)NCC(=O)NCCN2CCOCC2)cc1. The first-order chi connectivity index (χ1) is 11.9. The first kappa shape index (κ1) is 19.8. The Morgan fingerprint density at radius 2 is 1.84 bits per heavy atom. The van der Waals surface area contributed by atoms with Crippen LogP contribution in [-0.2, 0) is 19.6 Å². The second-order valence-corrected chi connectivity index (χ2v) is 8.12. The van der Waals surface area contributed by atoms with Gasteiger partial charge in [-0.2, -0.15) is 0 Å². The predicted molar refractivity (Wildman–Crippen MR) is 96.0 cm³/mol. The second kappa shape index (κ2) is 9.28. The summed E-state index contributed by atoms with van der Waals surface area (Å²) < 4.78 is 32.0. The van der Waals surface area contributed by atoms with Crippen LogP contribution in [0.3, 0.4) is 0 Å². The first-order valence-electron chi connectivity index (χ1n) is 8.55. The summed E-state index contributed by atoms with van der Waals surface area (Å²) in [6.45, 7) is 8.18. The summed E-state index contributed by atoms with van der Waals surface area (Å²) >= 11 is 0. The Kier molecular flexibility index (Phi) is 7.37. The Labute approximate surface area is 149 Å². The molecule has 2 rings (SSSR count). The smallest absolute Gasteiger partial charge is 0.241 e. The van der Waals surface area contributed by atoms with Crippen LogP contribution in [0.2, 0.25) is 0 Å². The van der Waals surface area contributed by atoms with Crippen LogP contribution in [0.4, 0.5) is 0 Å². The number of hydrogen-bond acceptors (Lipinski definition) is 5. The maximum absolute atomic E-state index is 12.2. The van der Waals surface area contributed by atoms with Crippen LogP contribution in [0.1, 0.15) is 25.3 Å². The fourth-order valence-corrected chi connectivity index (χ4v) is 3.50. The molecule has 1 aliphatic heterocycles. The van der Waals surface area contributed by atoms with Crippen molar-refractivity contribution in [1.82, 2.24) is 14.9 Å². The monoisotopic (exact) mass is 369 g/mol. The number of carbonyl (C=O) groups is 1. The van der Waals surface area contributed by atoms with Gasteiger partial charge in [-0.05, 0) is 23.6 Å². The number of benzene rings is 1. The van der Waals surface area contributed by atoms with E-state index in [-0.39, 0.29) is 17.3 Å². The molecule has 1 fully saturated rings. The van der Waals surface area contributed by atoms with Crippen molar-refractivity contribution >= 4 is 15.9 Å². The van der Waals surface area contributed by atoms with Gasteiger partial charge in [-0.3, -0.25) is 9.69 Å². The van der Waals surface area contributed by atoms with Crippen molar-refractivity contribution in [3.63, 3.8) is 0 Å². The first-order valence-corrected chi connectivity index (χ1v) is 10.0. The Morgan fingerprint density at radius 1 is 1.20 bits per heavy atom. The van der Waals surface area contributed by atoms with Gasteiger partial charge in [-0.1, -0.05) is 26.0 Å². The maximum atomic E-state index is 12.2. The highest BCUT2D eigenvalue weighted by molar-refractivity contribution is 7.89. The molecule has 1 amide bonds. The van der Waals surface area contributed by atoms with E-state index in [0.717, 1.165) is 25.2 Å². The lowest BCUT2D eigenvalue weighted by molar-refractivity contribution is -0.120. The number of hydrogen-bond donors (Lipinski definition) is 2. The quantitative estimate of drug-likeness (QED) is 0.698. The molecule has 0 aliphatic carbocycles. The van der Waals surface area contributed by atoms with E-state index in [2.05, 4.69) is 14.9 Å². The number of sulfonamides is 1. The molecule has 1 heterocycles. The molecule has 1 aromatic rings. The average molecular weight is 369 g/mol. The summed E-state index contributed by atoms with van der Waals surface area (Å²) in [7, 11) is -3.68. The van der Waals surface area contributed by atoms with Gasteiger partial charge >= 0.3 is 0 Å². The number of rotatable bonds is 8. The van der Waals surface area contributed by atoms with Crippen LogP contribution >= 0.6 is 0 Å². The number of nitrogens with zero attached hydrogens (tertiary/aromatic N) is 1. The van der Waals surface area contributed by atoms with Gasteiger partial charge in [0.05, 0.1) is 24.7 Å². The highest BCUT2D eigenvalue weighted by atomic mass is 32.2. The highest BCUT2D eigenvalue weighted by Crippen LogP contribution is 2.17. The third-order valence-electron chi connectivity index (χ3n) is 4.13. The molecule has 0 aromatic heterocycles. The minimum Gasteiger partial charge on any atom is -0.379 e. The van der Waals surface area contributed by atoms with E-state index in [9.17, 15) is 13.2 Å². The molecule has 8 heteroatoms. The maximum Gasteiger partial charge on any atom is 0.241 e. The van der Waals surface area contributed by atoms with Gasteiger partial charge in [-0.15, -0.1) is 0 Å². The van der Waals surface area contributed by atoms with Gasteiger partial charge in [0, 0.05) is 26.2 Å². The zero-order chi connectivity index (χ0) is 18.3. The van der Waals surface area contributed by atoms with Crippen molar-refractivity contribution in [2.75, 3.05) is 45.9 Å². The molecule has 0 saturated carbocycles. The number of nitrogens with one attached hydrogen (secondary N) is 2. The molecule has 1 aliphatic rings. The molecule has 1 aromatic carbocycles. The Morgan fingerprint density at radius 3 is 2.44 bits per heavy atom. The Hall–Kier alpha value is -1.48. The number of amides is 1. The predicted octanol–water partition coefficient (Wildman–Crippen LogP) is 0.537. The molecule has 7 nitrogen and oxygen atoms in total. The zero-order valence-corrected chi connectivity index (χ0v) is 15.6. The van der Waals surface area contributed by atoms with Gasteiger partial charge in [0.2, 0.25) is 15.9 Å². The molecule has 0 unspecified atom stereocenters. The standard InChI is InChI=1S/C17H27N3O4S/c1-14(2)15-3-5-16(6-4-15)25(22,23)19-13-17(21)18-7-8-20-9-11-24-12-10-20/h3-6,14,19H,7-13H2,1-2H3,(H,18,21). The van der Waals surface area contributed by atoms with Crippen molar-refractivity contribution in [2.24, 2.45) is 0 Å². The number of ether oxygens (including phenoxy) is 1. The third-order valence-corrected chi connectivity index (χ3v) is 5.55. The van der Waals surface area contributed by atoms with E-state index in [1.54, 1.807) is 24.3 Å². The van der Waals surface area contributed by atoms with Crippen LogP contribution in [0.15, 0.2) is 29.2 Å². The largest absolute Gasteiger partial charge is 0.379 e. The van der Waals surface area contributed by atoms with E-state index >= 15 is 0 Å². The normalized spacial score (nSPS) is 16.1. The molecule has 0 radical (unpaired) electrons. The van der Waals surface area contributed by atoms with Crippen molar-refractivity contribution in [3.8, 4) is 0 Å². The van der Waals surface area contributed by atoms with Gasteiger partial charge in [0.1, 0.15) is 0 Å². The number of carbonyl (C=O) groups excluding carboxylic acids is 1. The van der Waals surface area contributed by atoms with E-state index in [1.165, 1.54) is 0 Å². The van der Waals surface area contributed by atoms with Gasteiger partial charge < -0.3 is 10.1 Å². The Balaban J connectivity index is 1.75. The lowest BCUT2D eigenvalue weighted by atomic mass is 10.0. The average Bonchev–Trinajstić information content (AvgIpc) is 2.61. The molecule has 0 bridgehead atoms. The fraction of sp³-hybridized carbons (Fsp3) is 0.588.